The van der Waals surface area contributed by atoms with E-state index < -0.39 is 84.7 Å². The van der Waals surface area contributed by atoms with Crippen LogP contribution in [0.5, 0.6) is 23.0 Å². The van der Waals surface area contributed by atoms with Crippen molar-refractivity contribution in [3.05, 3.63) is 417 Å². The number of benzene rings is 19. The highest BCUT2D eigenvalue weighted by Gasteiger charge is 2.55. The summed E-state index contributed by atoms with van der Waals surface area (Å²) in [4.78, 5) is 4.61. The summed E-state index contributed by atoms with van der Waals surface area (Å²) >= 11 is 0. The Balaban J connectivity index is 0.935. The van der Waals surface area contributed by atoms with Gasteiger partial charge in [0.15, 0.2) is 0 Å². The summed E-state index contributed by atoms with van der Waals surface area (Å²) in [7, 11) is 0. The molecule has 0 fully saturated rings. The first-order valence-corrected chi connectivity index (χ1v) is 46.3. The van der Waals surface area contributed by atoms with E-state index in [2.05, 4.69) is 157 Å². The van der Waals surface area contributed by atoms with Crippen molar-refractivity contribution in [2.24, 2.45) is 0 Å². The number of para-hydroxylation sites is 2. The average molecular weight is 1750 g/mol. The molecule has 0 amide bonds. The molecule has 0 radical (unpaired) electrons. The van der Waals surface area contributed by atoms with Gasteiger partial charge in [-0.15, -0.1) is 0 Å². The molecule has 135 heavy (non-hydrogen) atoms. The lowest BCUT2D eigenvalue weighted by Crippen LogP contribution is -2.67. The van der Waals surface area contributed by atoms with Gasteiger partial charge in [0.25, 0.3) is 20.1 Å². The minimum atomic E-state index is -1.51. The van der Waals surface area contributed by atoms with Gasteiger partial charge in [-0.2, -0.15) is 0 Å². The highest BCUT2D eigenvalue weighted by atomic mass is 16.5. The standard InChI is InChI=1S/C126H93B3N4O2/c1-124(2,3)88-68-91(80-46-26-14-27-47-80)118(92(69-88)81-48-28-15-29-49-81)132-105-72-90(126(7,8)9)73-106-113(105)129(116-109(132)74-107-114-122(116)134-111-56-36-34-54-99(111)127(114)101-66-86(78-42-22-12-23-43-78)64-97-95-62-84(76-38-18-10-19-39-76)58-60-103(95)130(107)120(97)101)117-110(133(106)119-93(82-50-30-16-31-51-82)70-89(125(4,5)6)71-94(119)83-52-32-17-33-53-83)75-108-115-123(117)135-112-57-37-35-55-100(112)128(115)102-67-87(79-44-24-13-25-45-79)65-98-96-63-85(77-40-20-11-21-41-77)59-61-104(96)131(108)121(98)102/h10-75H,1-9H3/i34D,35D,36D,37D,54D,55D,56D,57D,58D,59D,60D,61D,62D,63D,64D,65D,66D,67D. The second-order valence-electron chi connectivity index (χ2n) is 39.4. The van der Waals surface area contributed by atoms with Crippen LogP contribution < -0.4 is 68.4 Å². The second-order valence-corrected chi connectivity index (χ2v) is 39.4. The molecule has 6 aliphatic rings. The van der Waals surface area contributed by atoms with Gasteiger partial charge in [-0.05, 0) is 246 Å². The van der Waals surface area contributed by atoms with E-state index in [0.717, 1.165) is 61.2 Å². The zero-order chi connectivity index (χ0) is 106. The van der Waals surface area contributed by atoms with Crippen LogP contribution in [-0.2, 0) is 16.2 Å². The SMILES string of the molecule is [2H]c1c([2H])c([2H])c2c(c1[2H])Oc1c3c(cc4c1B2c1c([2H])c(-c2ccccc2)c([2H])c2c5c([2H])c(-c6ccccc6)c([2H])c([2H])c5n-4c12)N(c1c(-c2ccccc2)cc(C(C)(C)C)cc1-c1ccccc1)c1cc(C(C)(C)C)cc2c1B3c1c(cc3c4c1Oc1c([2H])c([2H])c([2H])c([2H])c1B4c1c([2H])c(-c4ccccc4)c([2H])c4c5c([2H])c(-c6ccccc6)c([2H])c([2H])c5n-3c14)N2c1c(-c2ccccc2)cc(C(C)(C)C)cc1-c1ccccc1. The van der Waals surface area contributed by atoms with Gasteiger partial charge in [0, 0.05) is 89.0 Å². The van der Waals surface area contributed by atoms with Crippen LogP contribution in [0, 0.1) is 0 Å². The smallest absolute Gasteiger partial charge is 0.261 e. The summed E-state index contributed by atoms with van der Waals surface area (Å²) in [5.41, 5.74) is 15.0. The first kappa shape index (κ1) is 62.5. The van der Waals surface area contributed by atoms with Crippen molar-refractivity contribution in [2.45, 2.75) is 78.6 Å². The van der Waals surface area contributed by atoms with Gasteiger partial charge in [0.2, 0.25) is 0 Å². The Morgan fingerprint density at radius 2 is 0.526 bits per heavy atom. The molecule has 0 bridgehead atoms. The maximum absolute atomic E-state index is 11.5. The third kappa shape index (κ3) is 11.9. The zero-order valence-corrected chi connectivity index (χ0v) is 75.6. The van der Waals surface area contributed by atoms with Gasteiger partial charge in [-0.25, -0.2) is 0 Å². The summed E-state index contributed by atoms with van der Waals surface area (Å²) in [5.74, 6) is -0.612. The number of fused-ring (bicyclic) bond motifs is 20. The maximum Gasteiger partial charge on any atom is 0.261 e. The zero-order valence-electron chi connectivity index (χ0n) is 93.6. The number of rotatable bonds is 10. The summed E-state index contributed by atoms with van der Waals surface area (Å²) in [6, 6.07) is 87.5. The van der Waals surface area contributed by atoms with Gasteiger partial charge in [-0.3, -0.25) is 0 Å². The van der Waals surface area contributed by atoms with E-state index in [1.807, 2.05) is 143 Å². The van der Waals surface area contributed by atoms with Crippen molar-refractivity contribution in [1.29, 1.82) is 0 Å². The van der Waals surface area contributed by atoms with Crippen LogP contribution in [0.1, 0.15) is 104 Å². The predicted octanol–water partition coefficient (Wildman–Crippen LogP) is 27.1. The van der Waals surface area contributed by atoms with Crippen LogP contribution in [0.3, 0.4) is 0 Å². The van der Waals surface area contributed by atoms with Gasteiger partial charge < -0.3 is 28.4 Å². The van der Waals surface area contributed by atoms with Crippen molar-refractivity contribution >= 4 is 147 Å². The van der Waals surface area contributed by atoms with Crippen molar-refractivity contribution in [2.75, 3.05) is 9.80 Å². The van der Waals surface area contributed by atoms with Gasteiger partial charge in [0.1, 0.15) is 23.0 Å². The molecular weight excluding hydrogens is 1630 g/mol. The Kier molecular flexibility index (Phi) is 13.6. The molecule has 0 saturated carbocycles. The lowest BCUT2D eigenvalue weighted by molar-refractivity contribution is 0.490. The molecule has 638 valence electrons. The van der Waals surface area contributed by atoms with Gasteiger partial charge in [-0.1, -0.05) is 365 Å². The quantitative estimate of drug-likeness (QED) is 0.128. The molecule has 19 aromatic carbocycles. The van der Waals surface area contributed by atoms with Crippen molar-refractivity contribution in [1.82, 2.24) is 9.13 Å². The topological polar surface area (TPSA) is 34.8 Å². The Bertz CT molecular complexity index is 9100. The first-order valence-electron chi connectivity index (χ1n) is 55.3. The van der Waals surface area contributed by atoms with Crippen LogP contribution in [0.25, 0.3) is 144 Å². The van der Waals surface area contributed by atoms with E-state index in [4.69, 9.17) is 9.47 Å². The summed E-state index contributed by atoms with van der Waals surface area (Å²) < 4.78 is 215. The molecule has 27 rings (SSSR count). The summed E-state index contributed by atoms with van der Waals surface area (Å²) in [5, 5.41) is 0.496. The van der Waals surface area contributed by atoms with Crippen LogP contribution in [-0.4, -0.2) is 29.3 Å². The molecule has 0 N–H and O–H groups in total. The highest BCUT2D eigenvalue weighted by molar-refractivity contribution is 7.05. The Labute approximate surface area is 814 Å². The van der Waals surface area contributed by atoms with E-state index in [-0.39, 0.29) is 193 Å². The lowest BCUT2D eigenvalue weighted by atomic mass is 9.28. The number of ether oxygens (including phenoxy) is 2. The lowest BCUT2D eigenvalue weighted by Gasteiger charge is -2.49. The molecule has 0 atom stereocenters. The minimum Gasteiger partial charge on any atom is -0.459 e. The van der Waals surface area contributed by atoms with Crippen molar-refractivity contribution < 1.29 is 34.1 Å². The molecule has 9 heteroatoms. The normalized spacial score (nSPS) is 15.3. The van der Waals surface area contributed by atoms with E-state index >= 15 is 0 Å². The van der Waals surface area contributed by atoms with Gasteiger partial charge in [0.05, 0.1) is 47.1 Å². The minimum absolute atomic E-state index is 0.00105. The van der Waals surface area contributed by atoms with Crippen LogP contribution in [0.2, 0.25) is 0 Å². The van der Waals surface area contributed by atoms with Crippen LogP contribution >= 0.6 is 0 Å². The summed E-state index contributed by atoms with van der Waals surface area (Å²) in [6.07, 6.45) is 0. The molecule has 2 aromatic heterocycles. The molecule has 8 heterocycles. The molecule has 0 unspecified atom stereocenters. The monoisotopic (exact) mass is 1740 g/mol. The van der Waals surface area contributed by atoms with Gasteiger partial charge >= 0.3 is 0 Å². The Morgan fingerprint density at radius 3 is 0.852 bits per heavy atom. The third-order valence-electron chi connectivity index (χ3n) is 28.4. The molecule has 21 aromatic rings. The predicted molar refractivity (Wildman–Crippen MR) is 571 cm³/mol. The van der Waals surface area contributed by atoms with Crippen LogP contribution in [0.15, 0.2) is 400 Å². The van der Waals surface area contributed by atoms with E-state index in [1.165, 1.54) is 0 Å². The third-order valence-corrected chi connectivity index (χ3v) is 28.4. The highest BCUT2D eigenvalue weighted by Crippen LogP contribution is 2.59. The number of aromatic nitrogens is 2. The number of nitrogens with zero attached hydrogens (tertiary/aromatic N) is 4. The van der Waals surface area contributed by atoms with Crippen LogP contribution in [0.4, 0.5) is 34.1 Å². The molecule has 0 spiro atoms. The molecule has 0 saturated heterocycles. The average Bonchev–Trinajstić information content (AvgIpc) is 1.57. The fourth-order valence-corrected chi connectivity index (χ4v) is 22.1. The van der Waals surface area contributed by atoms with E-state index in [1.54, 1.807) is 72.8 Å². The number of hydrogen-bond acceptors (Lipinski definition) is 4. The Morgan fingerprint density at radius 1 is 0.244 bits per heavy atom. The summed E-state index contributed by atoms with van der Waals surface area (Å²) in [6.45, 7) is 15.2. The molecule has 0 aliphatic carbocycles. The van der Waals surface area contributed by atoms with Crippen molar-refractivity contribution in [3.63, 3.8) is 0 Å². The Hall–Kier alpha value is -15.8. The maximum atomic E-state index is 11.5. The van der Waals surface area contributed by atoms with Crippen molar-refractivity contribution in [3.8, 4) is 123 Å². The molecule has 6 aliphatic heterocycles. The molecule has 6 nitrogen and oxygen atoms in total. The fraction of sp³-hybridized carbons (Fsp3) is 0.0952. The van der Waals surface area contributed by atoms with E-state index in [0.29, 0.717) is 72.8 Å². The molecular formula is C126H93B3N4O2. The first-order chi connectivity index (χ1) is 73.5. The number of hydrogen-bond donors (Lipinski definition) is 0. The second kappa shape index (κ2) is 29.3. The van der Waals surface area contributed by atoms with E-state index in [9.17, 15) is 24.7 Å². The number of anilines is 6. The fourth-order valence-electron chi connectivity index (χ4n) is 22.1. The largest absolute Gasteiger partial charge is 0.459 e.